The monoisotopic (exact) mass is 346 g/mol. The minimum absolute atomic E-state index is 0.00996. The lowest BCUT2D eigenvalue weighted by Gasteiger charge is -2.40. The molecule has 0 saturated heterocycles. The van der Waals surface area contributed by atoms with Gasteiger partial charge in [-0.25, -0.2) is 0 Å². The fourth-order valence-electron chi connectivity index (χ4n) is 2.15. The molecule has 0 radical (unpaired) electrons. The number of nitriles is 2. The lowest BCUT2D eigenvalue weighted by Crippen LogP contribution is -2.56. The molecular weight excluding hydrogens is 320 g/mol. The highest BCUT2D eigenvalue weighted by Gasteiger charge is 2.43. The summed E-state index contributed by atoms with van der Waals surface area (Å²) >= 11 is 0. The van der Waals surface area contributed by atoms with Crippen LogP contribution in [0.15, 0.2) is 0 Å². The molecular formula is C11H26N2O3Si4. The zero-order chi connectivity index (χ0) is 15.6. The highest BCUT2D eigenvalue weighted by atomic mass is 28.5. The van der Waals surface area contributed by atoms with Gasteiger partial charge in [0.2, 0.25) is 8.32 Å². The van der Waals surface area contributed by atoms with Crippen LogP contribution in [0, 0.1) is 22.7 Å². The Labute approximate surface area is 130 Å². The smallest absolute Gasteiger partial charge is 0.310 e. The van der Waals surface area contributed by atoms with Crippen LogP contribution in [-0.4, -0.2) is 42.9 Å². The van der Waals surface area contributed by atoms with Gasteiger partial charge in [0.25, 0.3) is 0 Å². The predicted octanol–water partition coefficient (Wildman–Crippen LogP) is 0.851. The number of rotatable bonds is 10. The fourth-order valence-corrected chi connectivity index (χ4v) is 12.8. The van der Waals surface area contributed by atoms with Crippen LogP contribution < -0.4 is 0 Å². The highest BCUT2D eigenvalue weighted by Crippen LogP contribution is 2.28. The van der Waals surface area contributed by atoms with Gasteiger partial charge in [-0.1, -0.05) is 6.55 Å². The molecule has 0 rings (SSSR count). The van der Waals surface area contributed by atoms with Gasteiger partial charge in [0.15, 0.2) is 9.76 Å². The molecule has 20 heavy (non-hydrogen) atoms. The van der Waals surface area contributed by atoms with Crippen molar-refractivity contribution >= 4 is 37.1 Å². The van der Waals surface area contributed by atoms with Crippen LogP contribution in [0.5, 0.6) is 0 Å². The van der Waals surface area contributed by atoms with Gasteiger partial charge in [-0.15, -0.1) is 0 Å². The Morgan fingerprint density at radius 1 is 1.20 bits per heavy atom. The van der Waals surface area contributed by atoms with Crippen LogP contribution in [0.25, 0.3) is 0 Å². The lowest BCUT2D eigenvalue weighted by atomic mass is 10.3. The predicted molar refractivity (Wildman–Crippen MR) is 90.4 cm³/mol. The first kappa shape index (κ1) is 19.7. The van der Waals surface area contributed by atoms with Gasteiger partial charge in [0.05, 0.1) is 17.9 Å². The van der Waals surface area contributed by atoms with Gasteiger partial charge in [-0.05, 0) is 32.1 Å². The summed E-state index contributed by atoms with van der Waals surface area (Å²) < 4.78 is 18.0. The van der Waals surface area contributed by atoms with Gasteiger partial charge in [-0.2, -0.15) is 10.5 Å². The average Bonchev–Trinajstić information content (AvgIpc) is 2.40. The quantitative estimate of drug-likeness (QED) is 0.548. The summed E-state index contributed by atoms with van der Waals surface area (Å²) in [4.78, 5) is 0. The van der Waals surface area contributed by atoms with E-state index < -0.39 is 26.6 Å². The normalized spacial score (nSPS) is 16.7. The van der Waals surface area contributed by atoms with Crippen molar-refractivity contribution in [2.75, 3.05) is 0 Å². The van der Waals surface area contributed by atoms with Crippen molar-refractivity contribution in [2.45, 2.75) is 57.2 Å². The fraction of sp³-hybridized carbons (Fsp3) is 0.818. The van der Waals surface area contributed by atoms with E-state index in [4.69, 9.17) is 23.2 Å². The highest BCUT2D eigenvalue weighted by molar-refractivity contribution is 6.84. The van der Waals surface area contributed by atoms with E-state index in [2.05, 4.69) is 25.2 Å². The van der Waals surface area contributed by atoms with Crippen molar-refractivity contribution < 1.29 is 12.7 Å². The molecule has 114 valence electrons. The Hall–Kier alpha value is -0.272. The maximum absolute atomic E-state index is 8.89. The molecule has 0 saturated carbocycles. The molecule has 0 heterocycles. The second-order valence-electron chi connectivity index (χ2n) is 5.32. The summed E-state index contributed by atoms with van der Waals surface area (Å²) in [6.07, 6.45) is 1.66. The summed E-state index contributed by atoms with van der Waals surface area (Å²) in [5.41, 5.74) is 0.00996. The molecule has 0 aromatic heterocycles. The molecule has 0 aliphatic rings. The zero-order valence-electron chi connectivity index (χ0n) is 13.2. The molecule has 0 aliphatic heterocycles. The summed E-state index contributed by atoms with van der Waals surface area (Å²) in [6.45, 7) is 8.31. The standard InChI is InChI=1S/C11H26N2O3Si4/c1-18-14-11(7-5-8-12)20(4,10-6-9-13)16-19(2,3)15-17/h11H,5-7,10,18H2,1-4,17H3. The Bertz CT molecular complexity index is 370. The first-order valence-electron chi connectivity index (χ1n) is 6.96. The molecule has 2 unspecified atom stereocenters. The first-order chi connectivity index (χ1) is 9.35. The molecule has 0 N–H and O–H groups in total. The van der Waals surface area contributed by atoms with E-state index in [1.165, 1.54) is 0 Å². The van der Waals surface area contributed by atoms with Crippen LogP contribution in [0.3, 0.4) is 0 Å². The average molecular weight is 347 g/mol. The van der Waals surface area contributed by atoms with Gasteiger partial charge in [-0.3, -0.25) is 0 Å². The van der Waals surface area contributed by atoms with Gasteiger partial charge < -0.3 is 12.7 Å². The minimum Gasteiger partial charge on any atom is -0.445 e. The Morgan fingerprint density at radius 2 is 1.80 bits per heavy atom. The Morgan fingerprint density at radius 3 is 2.25 bits per heavy atom. The van der Waals surface area contributed by atoms with Crippen molar-refractivity contribution in [1.82, 2.24) is 0 Å². The summed E-state index contributed by atoms with van der Waals surface area (Å²) in [5, 5.41) is 17.7. The summed E-state index contributed by atoms with van der Waals surface area (Å²) in [7, 11) is -4.27. The molecule has 0 aromatic carbocycles. The first-order valence-corrected chi connectivity index (χ1v) is 15.3. The maximum Gasteiger partial charge on any atom is 0.310 e. The zero-order valence-corrected chi connectivity index (χ0v) is 18.6. The summed E-state index contributed by atoms with van der Waals surface area (Å²) in [6, 6.07) is 5.14. The third-order valence-electron chi connectivity index (χ3n) is 3.27. The van der Waals surface area contributed by atoms with Crippen molar-refractivity contribution in [2.24, 2.45) is 0 Å². The minimum atomic E-state index is -2.22. The molecule has 0 amide bonds. The number of hydrogen-bond acceptors (Lipinski definition) is 5. The van der Waals surface area contributed by atoms with Crippen LogP contribution in [0.2, 0.25) is 32.2 Å². The second-order valence-corrected chi connectivity index (χ2v) is 15.2. The van der Waals surface area contributed by atoms with Crippen molar-refractivity contribution in [1.29, 1.82) is 10.5 Å². The topological polar surface area (TPSA) is 75.3 Å². The largest absolute Gasteiger partial charge is 0.445 e. The van der Waals surface area contributed by atoms with Gasteiger partial charge >= 0.3 is 8.56 Å². The molecule has 0 fully saturated rings. The second kappa shape index (κ2) is 9.63. The third kappa shape index (κ3) is 6.94. The maximum atomic E-state index is 8.89. The molecule has 0 aliphatic carbocycles. The van der Waals surface area contributed by atoms with Crippen molar-refractivity contribution in [3.8, 4) is 12.1 Å². The Kier molecular flexibility index (Phi) is 9.49. The van der Waals surface area contributed by atoms with E-state index in [-0.39, 0.29) is 5.73 Å². The van der Waals surface area contributed by atoms with Crippen LogP contribution in [0.4, 0.5) is 0 Å². The van der Waals surface area contributed by atoms with Gasteiger partial charge in [0, 0.05) is 12.8 Å². The van der Waals surface area contributed by atoms with E-state index in [1.54, 1.807) is 0 Å². The van der Waals surface area contributed by atoms with Crippen molar-refractivity contribution in [3.05, 3.63) is 0 Å². The number of hydrogen-bond donors (Lipinski definition) is 0. The third-order valence-corrected chi connectivity index (χ3v) is 15.2. The van der Waals surface area contributed by atoms with Gasteiger partial charge in [0.1, 0.15) is 10.5 Å². The SMILES string of the molecule is C[SiH2]OC(CCC#N)[Si](C)(CCC#N)O[Si](C)(C)O[SiH3]. The Balaban J connectivity index is 5.13. The van der Waals surface area contributed by atoms with E-state index >= 15 is 0 Å². The van der Waals surface area contributed by atoms with Crippen LogP contribution in [-0.2, 0) is 12.7 Å². The molecule has 5 nitrogen and oxygen atoms in total. The lowest BCUT2D eigenvalue weighted by molar-refractivity contribution is 0.243. The van der Waals surface area contributed by atoms with E-state index in [9.17, 15) is 0 Å². The van der Waals surface area contributed by atoms with Crippen LogP contribution in [0.1, 0.15) is 19.3 Å². The molecule has 0 spiro atoms. The molecule has 2 atom stereocenters. The van der Waals surface area contributed by atoms with E-state index in [0.717, 1.165) is 6.04 Å². The molecule has 0 bridgehead atoms. The molecule has 0 aromatic rings. The van der Waals surface area contributed by atoms with E-state index in [0.29, 0.717) is 29.7 Å². The van der Waals surface area contributed by atoms with Crippen molar-refractivity contribution in [3.63, 3.8) is 0 Å². The summed E-state index contributed by atoms with van der Waals surface area (Å²) in [5.74, 6) is 0. The number of nitrogens with zero attached hydrogens (tertiary/aromatic N) is 2. The van der Waals surface area contributed by atoms with Crippen LogP contribution >= 0.6 is 0 Å². The molecule has 9 heteroatoms. The van der Waals surface area contributed by atoms with E-state index in [1.807, 2.05) is 13.1 Å².